The molecule has 206 valence electrons. The van der Waals surface area contributed by atoms with E-state index in [2.05, 4.69) is 5.10 Å². The minimum absolute atomic E-state index is 0.0377. The summed E-state index contributed by atoms with van der Waals surface area (Å²) in [4.78, 5) is 1.72. The van der Waals surface area contributed by atoms with Crippen LogP contribution < -0.4 is 0 Å². The monoisotopic (exact) mass is 555 g/mol. The number of ether oxygens (including phenoxy) is 1. The van der Waals surface area contributed by atoms with Gasteiger partial charge in [0, 0.05) is 50.7 Å². The number of morpholine rings is 1. The van der Waals surface area contributed by atoms with Crippen molar-refractivity contribution < 1.29 is 30.7 Å². The standard InChI is InChI=1S/C25H29F4N5O3S/c1-18-14-23-19(16-30-34(23)21-4-2-20(26)3-5-21)15-22(18)24-17-33(9-8-31(24)7-6-25(27,28)29)38(35,36)32-10-12-37-13-11-32/h2-5,14-16,24H,6-13,17H2,1H3/t24-/m0/s1. The fourth-order valence-electron chi connectivity index (χ4n) is 5.12. The predicted octanol–water partition coefficient (Wildman–Crippen LogP) is 3.66. The summed E-state index contributed by atoms with van der Waals surface area (Å²) >= 11 is 0. The lowest BCUT2D eigenvalue weighted by Gasteiger charge is -2.43. The molecule has 5 rings (SSSR count). The van der Waals surface area contributed by atoms with Crippen LogP contribution in [-0.2, 0) is 14.9 Å². The molecule has 0 amide bonds. The van der Waals surface area contributed by atoms with Crippen molar-refractivity contribution in [3.8, 4) is 5.69 Å². The highest BCUT2D eigenvalue weighted by atomic mass is 32.2. The number of hydrogen-bond donors (Lipinski definition) is 0. The Morgan fingerprint density at radius 1 is 1.03 bits per heavy atom. The van der Waals surface area contributed by atoms with Crippen molar-refractivity contribution in [3.63, 3.8) is 0 Å². The first-order chi connectivity index (χ1) is 18.0. The van der Waals surface area contributed by atoms with Crippen molar-refractivity contribution in [1.29, 1.82) is 0 Å². The summed E-state index contributed by atoms with van der Waals surface area (Å²) in [7, 11) is -3.79. The predicted molar refractivity (Wildman–Crippen MR) is 134 cm³/mol. The Balaban J connectivity index is 1.49. The van der Waals surface area contributed by atoms with E-state index in [9.17, 15) is 26.0 Å². The van der Waals surface area contributed by atoms with Crippen LogP contribution in [0.15, 0.2) is 42.6 Å². The summed E-state index contributed by atoms with van der Waals surface area (Å²) < 4.78 is 89.3. The van der Waals surface area contributed by atoms with Gasteiger partial charge in [-0.2, -0.15) is 35.3 Å². The summed E-state index contributed by atoms with van der Waals surface area (Å²) in [6.07, 6.45) is -3.66. The molecule has 0 aliphatic carbocycles. The summed E-state index contributed by atoms with van der Waals surface area (Å²) in [6.45, 7) is 3.05. The number of benzene rings is 2. The lowest BCUT2D eigenvalue weighted by molar-refractivity contribution is -0.140. The summed E-state index contributed by atoms with van der Waals surface area (Å²) in [5.74, 6) is -0.364. The van der Waals surface area contributed by atoms with Gasteiger partial charge >= 0.3 is 6.18 Å². The first kappa shape index (κ1) is 27.0. The molecule has 1 atom stereocenters. The number of alkyl halides is 3. The highest BCUT2D eigenvalue weighted by Gasteiger charge is 2.39. The zero-order chi connectivity index (χ0) is 27.1. The van der Waals surface area contributed by atoms with E-state index >= 15 is 0 Å². The van der Waals surface area contributed by atoms with E-state index in [0.29, 0.717) is 18.9 Å². The van der Waals surface area contributed by atoms with Gasteiger partial charge in [0.25, 0.3) is 10.2 Å². The molecular formula is C25H29F4N5O3S. The van der Waals surface area contributed by atoms with E-state index in [-0.39, 0.29) is 45.1 Å². The normalized spacial score (nSPS) is 20.8. The molecule has 0 unspecified atom stereocenters. The lowest BCUT2D eigenvalue weighted by Crippen LogP contribution is -2.56. The quantitative estimate of drug-likeness (QED) is 0.435. The maximum atomic E-state index is 13.4. The molecule has 0 spiro atoms. The van der Waals surface area contributed by atoms with E-state index in [0.717, 1.165) is 22.0 Å². The van der Waals surface area contributed by atoms with Gasteiger partial charge in [-0.3, -0.25) is 4.90 Å². The topological polar surface area (TPSA) is 70.9 Å². The number of aryl methyl sites for hydroxylation is 1. The maximum Gasteiger partial charge on any atom is 0.390 e. The van der Waals surface area contributed by atoms with Crippen LogP contribution in [-0.4, -0.2) is 90.4 Å². The molecule has 1 aromatic heterocycles. The minimum atomic E-state index is -4.32. The Bertz CT molecular complexity index is 1390. The third-order valence-corrected chi connectivity index (χ3v) is 9.15. The van der Waals surface area contributed by atoms with Crippen LogP contribution in [0.25, 0.3) is 16.6 Å². The number of aromatic nitrogens is 2. The Morgan fingerprint density at radius 3 is 2.42 bits per heavy atom. The third kappa shape index (κ3) is 5.57. The van der Waals surface area contributed by atoms with Gasteiger partial charge in [0.15, 0.2) is 0 Å². The van der Waals surface area contributed by atoms with Crippen molar-refractivity contribution in [2.75, 3.05) is 52.5 Å². The van der Waals surface area contributed by atoms with Crippen molar-refractivity contribution >= 4 is 21.1 Å². The molecule has 3 heterocycles. The summed E-state index contributed by atoms with van der Waals surface area (Å²) in [6, 6.07) is 9.09. The average molecular weight is 556 g/mol. The Kier molecular flexibility index (Phi) is 7.48. The molecule has 2 aliphatic heterocycles. The molecule has 38 heavy (non-hydrogen) atoms. The largest absolute Gasteiger partial charge is 0.390 e. The van der Waals surface area contributed by atoms with E-state index in [1.807, 2.05) is 19.1 Å². The van der Waals surface area contributed by atoms with Gasteiger partial charge in [-0.15, -0.1) is 0 Å². The molecule has 0 saturated carbocycles. The second kappa shape index (κ2) is 10.5. The number of piperazine rings is 1. The van der Waals surface area contributed by atoms with Crippen LogP contribution >= 0.6 is 0 Å². The second-order valence-electron chi connectivity index (χ2n) is 9.59. The van der Waals surface area contributed by atoms with E-state index in [1.165, 1.54) is 20.7 Å². The Labute approximate surface area is 218 Å². The van der Waals surface area contributed by atoms with Crippen LogP contribution in [0.2, 0.25) is 0 Å². The van der Waals surface area contributed by atoms with E-state index < -0.39 is 28.8 Å². The fraction of sp³-hybridized carbons (Fsp3) is 0.480. The van der Waals surface area contributed by atoms with Gasteiger partial charge in [-0.1, -0.05) is 0 Å². The molecule has 0 bridgehead atoms. The SMILES string of the molecule is Cc1cc2c(cnn2-c2ccc(F)cc2)cc1[C@@H]1CN(S(=O)(=O)N2CCOCC2)CCN1CCC(F)(F)F. The van der Waals surface area contributed by atoms with Crippen molar-refractivity contribution in [3.05, 3.63) is 59.5 Å². The fourth-order valence-corrected chi connectivity index (χ4v) is 6.70. The van der Waals surface area contributed by atoms with Gasteiger partial charge < -0.3 is 4.74 Å². The van der Waals surface area contributed by atoms with Crippen LogP contribution in [0.3, 0.4) is 0 Å². The Morgan fingerprint density at radius 2 is 1.74 bits per heavy atom. The molecule has 2 aromatic carbocycles. The third-order valence-electron chi connectivity index (χ3n) is 7.15. The lowest BCUT2D eigenvalue weighted by atomic mass is 9.96. The number of hydrogen-bond acceptors (Lipinski definition) is 5. The molecule has 3 aromatic rings. The van der Waals surface area contributed by atoms with Crippen LogP contribution in [0.1, 0.15) is 23.6 Å². The average Bonchev–Trinajstić information content (AvgIpc) is 3.30. The van der Waals surface area contributed by atoms with Gasteiger partial charge in [-0.25, -0.2) is 9.07 Å². The van der Waals surface area contributed by atoms with Crippen LogP contribution in [0.4, 0.5) is 17.6 Å². The van der Waals surface area contributed by atoms with E-state index in [1.54, 1.807) is 27.9 Å². The second-order valence-corrected chi connectivity index (χ2v) is 11.5. The number of nitrogens with zero attached hydrogens (tertiary/aromatic N) is 5. The molecule has 13 heteroatoms. The molecule has 2 aliphatic rings. The molecule has 2 fully saturated rings. The molecular weight excluding hydrogens is 526 g/mol. The molecule has 0 N–H and O–H groups in total. The highest BCUT2D eigenvalue weighted by Crippen LogP contribution is 2.34. The van der Waals surface area contributed by atoms with Crippen molar-refractivity contribution in [1.82, 2.24) is 23.3 Å². The maximum absolute atomic E-state index is 13.4. The Hall–Kier alpha value is -2.58. The number of rotatable bonds is 6. The first-order valence-electron chi connectivity index (χ1n) is 12.4. The van der Waals surface area contributed by atoms with Crippen LogP contribution in [0.5, 0.6) is 0 Å². The summed E-state index contributed by atoms with van der Waals surface area (Å²) in [5.41, 5.74) is 2.98. The molecule has 0 radical (unpaired) electrons. The molecule has 8 nitrogen and oxygen atoms in total. The van der Waals surface area contributed by atoms with Crippen molar-refractivity contribution in [2.24, 2.45) is 0 Å². The zero-order valence-corrected chi connectivity index (χ0v) is 21.7. The summed E-state index contributed by atoms with van der Waals surface area (Å²) in [5, 5.41) is 5.18. The van der Waals surface area contributed by atoms with Gasteiger partial charge in [0.05, 0.1) is 37.0 Å². The number of fused-ring (bicyclic) bond motifs is 1. The highest BCUT2D eigenvalue weighted by molar-refractivity contribution is 7.86. The van der Waals surface area contributed by atoms with Crippen molar-refractivity contribution in [2.45, 2.75) is 25.6 Å². The zero-order valence-electron chi connectivity index (χ0n) is 20.9. The van der Waals surface area contributed by atoms with Gasteiger partial charge in [0.1, 0.15) is 5.82 Å². The number of halogens is 4. The first-order valence-corrected chi connectivity index (χ1v) is 13.8. The smallest absolute Gasteiger partial charge is 0.379 e. The van der Waals surface area contributed by atoms with Crippen LogP contribution in [0, 0.1) is 12.7 Å². The minimum Gasteiger partial charge on any atom is -0.379 e. The molecule has 2 saturated heterocycles. The van der Waals surface area contributed by atoms with E-state index in [4.69, 9.17) is 4.74 Å². The van der Waals surface area contributed by atoms with Gasteiger partial charge in [0.2, 0.25) is 0 Å². The van der Waals surface area contributed by atoms with Gasteiger partial charge in [-0.05, 0) is 54.4 Å².